The van der Waals surface area contributed by atoms with Gasteiger partial charge in [-0.1, -0.05) is 58.0 Å². The zero-order valence-corrected chi connectivity index (χ0v) is 37.8. The predicted molar refractivity (Wildman–Crippen MR) is 236 cm³/mol. The second-order valence-electron chi connectivity index (χ2n) is 18.6. The first kappa shape index (κ1) is 45.3. The first-order chi connectivity index (χ1) is 28.8. The van der Waals surface area contributed by atoms with Crippen LogP contribution in [0.1, 0.15) is 98.1 Å². The average molecular weight is 837 g/mol. The second kappa shape index (κ2) is 18.4. The van der Waals surface area contributed by atoms with Crippen LogP contribution in [-0.2, 0) is 48.0 Å². The third-order valence-electron chi connectivity index (χ3n) is 11.6. The summed E-state index contributed by atoms with van der Waals surface area (Å²) in [6, 6.07) is 15.9. The number of amides is 3. The van der Waals surface area contributed by atoms with E-state index in [-0.39, 0.29) is 25.0 Å². The van der Waals surface area contributed by atoms with E-state index in [1.807, 2.05) is 39.0 Å². The first-order valence-electron chi connectivity index (χ1n) is 21.5. The van der Waals surface area contributed by atoms with E-state index in [9.17, 15) is 19.2 Å². The van der Waals surface area contributed by atoms with Crippen LogP contribution in [0.2, 0.25) is 0 Å². The number of fused-ring (bicyclic) bond motifs is 6. The van der Waals surface area contributed by atoms with E-state index in [4.69, 9.17) is 19.2 Å². The van der Waals surface area contributed by atoms with Gasteiger partial charge in [-0.3, -0.25) is 29.3 Å². The molecule has 13 nitrogen and oxygen atoms in total. The number of methoxy groups -OCH3 is 1. The third-order valence-corrected chi connectivity index (χ3v) is 11.6. The number of carbonyl (C=O) groups excluding carboxylic acids is 4. The minimum Gasteiger partial charge on any atom is -0.464 e. The van der Waals surface area contributed by atoms with Crippen molar-refractivity contribution in [2.75, 3.05) is 27.3 Å². The Labute approximate surface area is 360 Å². The summed E-state index contributed by atoms with van der Waals surface area (Å²) in [5.41, 5.74) is 9.76. The highest BCUT2D eigenvalue weighted by atomic mass is 16.6. The van der Waals surface area contributed by atoms with Gasteiger partial charge in [0, 0.05) is 61.7 Å². The fourth-order valence-electron chi connectivity index (χ4n) is 8.62. The third kappa shape index (κ3) is 10.1. The van der Waals surface area contributed by atoms with Crippen LogP contribution >= 0.6 is 0 Å². The monoisotopic (exact) mass is 836 g/mol. The van der Waals surface area contributed by atoms with Crippen molar-refractivity contribution in [1.29, 1.82) is 0 Å². The number of esters is 1. The molecule has 1 fully saturated rings. The lowest BCUT2D eigenvalue weighted by Gasteiger charge is -2.37. The van der Waals surface area contributed by atoms with Gasteiger partial charge in [-0.25, -0.2) is 10.2 Å². The van der Waals surface area contributed by atoms with Crippen molar-refractivity contribution in [3.63, 3.8) is 0 Å². The molecular weight excluding hydrogens is 773 g/mol. The number of hydrazine groups is 1. The molecule has 0 saturated carbocycles. The number of pyridine rings is 1. The zero-order chi connectivity index (χ0) is 44.4. The number of ether oxygens (including phenoxy) is 3. The van der Waals surface area contributed by atoms with Gasteiger partial charge in [0.25, 0.3) is 5.91 Å². The van der Waals surface area contributed by atoms with Crippen LogP contribution in [0.25, 0.3) is 33.3 Å². The number of cyclic esters (lactones) is 1. The summed E-state index contributed by atoms with van der Waals surface area (Å²) in [5, 5.41) is 5.54. The van der Waals surface area contributed by atoms with Gasteiger partial charge in [0.2, 0.25) is 5.91 Å². The maximum Gasteiger partial charge on any atom is 0.410 e. The topological polar surface area (TPSA) is 144 Å². The van der Waals surface area contributed by atoms with Gasteiger partial charge >= 0.3 is 12.1 Å². The maximum absolute atomic E-state index is 14.6. The molecule has 0 aliphatic carbocycles. The minimum atomic E-state index is -1.03. The lowest BCUT2D eigenvalue weighted by Crippen LogP contribution is -2.62. The number of nitrogens with zero attached hydrogens (tertiary/aromatic N) is 4. The summed E-state index contributed by atoms with van der Waals surface area (Å²) in [6.07, 6.45) is 2.71. The molecule has 13 heteroatoms. The highest BCUT2D eigenvalue weighted by molar-refractivity contribution is 5.96. The number of likely N-dealkylation sites (N-methyl/N-ethyl adjacent to an activating group) is 1. The number of nitrogens with one attached hydrogen (secondary N) is 2. The zero-order valence-electron chi connectivity index (χ0n) is 37.8. The average Bonchev–Trinajstić information content (AvgIpc) is 3.52. The fourth-order valence-corrected chi connectivity index (χ4v) is 8.62. The first-order valence-corrected chi connectivity index (χ1v) is 21.5. The molecule has 2 aliphatic rings. The summed E-state index contributed by atoms with van der Waals surface area (Å²) < 4.78 is 19.9. The van der Waals surface area contributed by atoms with Crippen molar-refractivity contribution in [3.8, 4) is 22.4 Å². The summed E-state index contributed by atoms with van der Waals surface area (Å²) in [6.45, 7) is 18.6. The van der Waals surface area contributed by atoms with Crippen LogP contribution in [0.3, 0.4) is 0 Å². The lowest BCUT2D eigenvalue weighted by atomic mass is 9.84. The summed E-state index contributed by atoms with van der Waals surface area (Å²) in [7, 11) is 3.23. The predicted octanol–water partition coefficient (Wildman–Crippen LogP) is 7.64. The Morgan fingerprint density at radius 2 is 1.80 bits per heavy atom. The van der Waals surface area contributed by atoms with Crippen LogP contribution in [0.15, 0.2) is 60.8 Å². The molecule has 0 unspecified atom stereocenters. The molecule has 2 aromatic carbocycles. The standard InChI is InChI=1S/C48H64N6O7/c1-12-53-39-21-20-33-26-35(39)36(42(53)34-18-14-22-49-40(34)30(4)59-11)27-48(8,9)28-60-45(57)37-19-15-23-54(51-37)44(56)38(25-31-16-13-17-32(33)24-31)50-43(55)41(29(2)3)52(10)46(58)61-47(5,6)7/h13-14,16-18,20-22,24,26,29-30,37-38,41,51H,12,15,19,23,25,27-28H2,1-11H3,(H,50,55)/t30-,37-,38-,41-/m0/s1. The van der Waals surface area contributed by atoms with Gasteiger partial charge in [-0.05, 0) is 106 Å². The molecule has 6 rings (SSSR count). The number of benzene rings is 2. The number of rotatable bonds is 8. The van der Waals surface area contributed by atoms with Crippen molar-refractivity contribution in [2.45, 2.75) is 124 Å². The van der Waals surface area contributed by atoms with Gasteiger partial charge < -0.3 is 24.1 Å². The van der Waals surface area contributed by atoms with Crippen LogP contribution in [0.5, 0.6) is 0 Å². The molecule has 4 heterocycles. The highest BCUT2D eigenvalue weighted by Gasteiger charge is 2.38. The van der Waals surface area contributed by atoms with Gasteiger partial charge in [-0.2, -0.15) is 0 Å². The molecule has 0 spiro atoms. The quantitative estimate of drug-likeness (QED) is 0.171. The molecule has 3 amide bonds. The molecule has 0 radical (unpaired) electrons. The molecule has 6 bridgehead atoms. The van der Waals surface area contributed by atoms with E-state index < -0.39 is 53.0 Å². The Kier molecular flexibility index (Phi) is 13.6. The van der Waals surface area contributed by atoms with E-state index in [1.165, 1.54) is 17.0 Å². The van der Waals surface area contributed by atoms with Crippen LogP contribution < -0.4 is 10.7 Å². The van der Waals surface area contributed by atoms with Gasteiger partial charge in [0.15, 0.2) is 0 Å². The molecule has 1 saturated heterocycles. The SMILES string of the molecule is CCn1c(-c2cccnc2[C@H](C)OC)c2c3cc(ccc31)-c1cccc(c1)C[C@H](NC(=O)[C@H](C(C)C)N(C)C(=O)OC(C)(C)C)C(=O)N1CCC[C@H](N1)C(=O)OCC(C)(C)C2. The van der Waals surface area contributed by atoms with E-state index in [1.54, 1.807) is 34.1 Å². The van der Waals surface area contributed by atoms with Gasteiger partial charge in [0.1, 0.15) is 23.7 Å². The number of aromatic nitrogens is 2. The molecular formula is C48H64N6O7. The molecule has 4 atom stereocenters. The van der Waals surface area contributed by atoms with Crippen LogP contribution in [-0.4, -0.2) is 94.4 Å². The van der Waals surface area contributed by atoms with Crippen LogP contribution in [0.4, 0.5) is 4.79 Å². The van der Waals surface area contributed by atoms with Crippen molar-refractivity contribution in [2.24, 2.45) is 11.3 Å². The Morgan fingerprint density at radius 3 is 2.49 bits per heavy atom. The molecule has 2 aromatic heterocycles. The van der Waals surface area contributed by atoms with E-state index in [2.05, 4.69) is 72.5 Å². The Morgan fingerprint density at radius 1 is 1.07 bits per heavy atom. The summed E-state index contributed by atoms with van der Waals surface area (Å²) in [4.78, 5) is 61.9. The second-order valence-corrected chi connectivity index (χ2v) is 18.6. The number of carbonyl (C=O) groups is 4. The highest BCUT2D eigenvalue weighted by Crippen LogP contribution is 2.42. The Balaban J connectivity index is 1.47. The minimum absolute atomic E-state index is 0.146. The summed E-state index contributed by atoms with van der Waals surface area (Å²) in [5.74, 6) is -1.62. The fraction of sp³-hybridized carbons (Fsp3) is 0.521. The number of hydrogen-bond acceptors (Lipinski definition) is 9. The molecule has 4 aromatic rings. The van der Waals surface area contributed by atoms with Crippen molar-refractivity contribution in [1.82, 2.24) is 30.2 Å². The van der Waals surface area contributed by atoms with E-state index in [0.29, 0.717) is 32.4 Å². The van der Waals surface area contributed by atoms with Gasteiger partial charge in [-0.15, -0.1) is 0 Å². The maximum atomic E-state index is 14.6. The van der Waals surface area contributed by atoms with Crippen molar-refractivity contribution in [3.05, 3.63) is 77.6 Å². The van der Waals surface area contributed by atoms with Gasteiger partial charge in [0.05, 0.1) is 24.1 Å². The lowest BCUT2D eigenvalue weighted by molar-refractivity contribution is -0.155. The summed E-state index contributed by atoms with van der Waals surface area (Å²) >= 11 is 0. The molecule has 2 aliphatic heterocycles. The normalized spacial score (nSPS) is 19.5. The smallest absolute Gasteiger partial charge is 0.410 e. The number of aryl methyl sites for hydroxylation is 1. The molecule has 328 valence electrons. The van der Waals surface area contributed by atoms with Crippen molar-refractivity contribution >= 4 is 34.8 Å². The Hall–Kier alpha value is -5.27. The number of hydrogen-bond donors (Lipinski definition) is 2. The largest absolute Gasteiger partial charge is 0.464 e. The molecule has 61 heavy (non-hydrogen) atoms. The van der Waals surface area contributed by atoms with E-state index in [0.717, 1.165) is 50.1 Å². The Bertz CT molecular complexity index is 2260. The van der Waals surface area contributed by atoms with E-state index >= 15 is 0 Å². The van der Waals surface area contributed by atoms with Crippen molar-refractivity contribution < 1.29 is 33.4 Å². The van der Waals surface area contributed by atoms with Crippen LogP contribution in [0, 0.1) is 11.3 Å². The molecule has 2 N–H and O–H groups in total.